The van der Waals surface area contributed by atoms with Gasteiger partial charge in [-0.3, -0.25) is 0 Å². The van der Waals surface area contributed by atoms with Crippen molar-refractivity contribution in [3.63, 3.8) is 0 Å². The standard InChI is InChI=1S/C10H24N2O/c1-6-11-9(4)10(5,13)7-12-8(2)3/h8-9,11-13H,6-7H2,1-5H3. The molecule has 0 saturated carbocycles. The number of hydrogen-bond donors (Lipinski definition) is 3. The second-order valence-corrected chi connectivity index (χ2v) is 4.17. The Morgan fingerprint density at radius 3 is 2.15 bits per heavy atom. The molecule has 0 aromatic carbocycles. The van der Waals surface area contributed by atoms with E-state index >= 15 is 0 Å². The third kappa shape index (κ3) is 5.24. The molecule has 3 heteroatoms. The molecule has 3 nitrogen and oxygen atoms in total. The molecule has 0 spiro atoms. The molecule has 0 aromatic heterocycles. The summed E-state index contributed by atoms with van der Waals surface area (Å²) >= 11 is 0. The molecular formula is C10H24N2O. The van der Waals surface area contributed by atoms with Crippen molar-refractivity contribution in [1.82, 2.24) is 10.6 Å². The Hall–Kier alpha value is -0.120. The van der Waals surface area contributed by atoms with Gasteiger partial charge in [-0.05, 0) is 20.4 Å². The van der Waals surface area contributed by atoms with Gasteiger partial charge in [0.2, 0.25) is 0 Å². The third-order valence-electron chi connectivity index (χ3n) is 2.31. The summed E-state index contributed by atoms with van der Waals surface area (Å²) < 4.78 is 0. The van der Waals surface area contributed by atoms with Crippen LogP contribution in [0.25, 0.3) is 0 Å². The van der Waals surface area contributed by atoms with Crippen LogP contribution in [0.2, 0.25) is 0 Å². The van der Waals surface area contributed by atoms with E-state index in [2.05, 4.69) is 24.5 Å². The quantitative estimate of drug-likeness (QED) is 0.576. The van der Waals surface area contributed by atoms with Crippen LogP contribution in [0.4, 0.5) is 0 Å². The Morgan fingerprint density at radius 2 is 1.77 bits per heavy atom. The van der Waals surface area contributed by atoms with Crippen molar-refractivity contribution in [2.24, 2.45) is 0 Å². The molecule has 2 unspecified atom stereocenters. The van der Waals surface area contributed by atoms with E-state index in [9.17, 15) is 5.11 Å². The van der Waals surface area contributed by atoms with Crippen molar-refractivity contribution in [2.45, 2.75) is 52.3 Å². The molecule has 2 atom stereocenters. The number of nitrogens with one attached hydrogen (secondary N) is 2. The van der Waals surface area contributed by atoms with E-state index in [1.807, 2.05) is 20.8 Å². The van der Waals surface area contributed by atoms with Gasteiger partial charge in [-0.25, -0.2) is 0 Å². The molecule has 0 heterocycles. The number of hydrogen-bond acceptors (Lipinski definition) is 3. The lowest BCUT2D eigenvalue weighted by Crippen LogP contribution is -2.53. The van der Waals surface area contributed by atoms with E-state index in [0.29, 0.717) is 12.6 Å². The summed E-state index contributed by atoms with van der Waals surface area (Å²) in [4.78, 5) is 0. The molecule has 0 bridgehead atoms. The van der Waals surface area contributed by atoms with Gasteiger partial charge in [0.15, 0.2) is 0 Å². The lowest BCUT2D eigenvalue weighted by molar-refractivity contribution is 0.0249. The predicted octanol–water partition coefficient (Wildman–Crippen LogP) is 0.733. The molecular weight excluding hydrogens is 164 g/mol. The molecule has 3 N–H and O–H groups in total. The summed E-state index contributed by atoms with van der Waals surface area (Å²) in [5.74, 6) is 0. The molecule has 0 fully saturated rings. The van der Waals surface area contributed by atoms with Gasteiger partial charge < -0.3 is 15.7 Å². The summed E-state index contributed by atoms with van der Waals surface area (Å²) in [5, 5.41) is 16.5. The highest BCUT2D eigenvalue weighted by atomic mass is 16.3. The fourth-order valence-electron chi connectivity index (χ4n) is 1.09. The predicted molar refractivity (Wildman–Crippen MR) is 56.9 cm³/mol. The van der Waals surface area contributed by atoms with Gasteiger partial charge in [0.25, 0.3) is 0 Å². The zero-order valence-corrected chi connectivity index (χ0v) is 9.52. The lowest BCUT2D eigenvalue weighted by atomic mass is 9.97. The fourth-order valence-corrected chi connectivity index (χ4v) is 1.09. The van der Waals surface area contributed by atoms with Crippen LogP contribution < -0.4 is 10.6 Å². The van der Waals surface area contributed by atoms with Crippen molar-refractivity contribution < 1.29 is 5.11 Å². The molecule has 13 heavy (non-hydrogen) atoms. The van der Waals surface area contributed by atoms with Crippen LogP contribution in [0.3, 0.4) is 0 Å². The van der Waals surface area contributed by atoms with Crippen molar-refractivity contribution >= 4 is 0 Å². The lowest BCUT2D eigenvalue weighted by Gasteiger charge is -2.31. The molecule has 80 valence electrons. The molecule has 0 aliphatic carbocycles. The van der Waals surface area contributed by atoms with Gasteiger partial charge in [-0.2, -0.15) is 0 Å². The minimum atomic E-state index is -0.680. The Labute approximate surface area is 81.9 Å². The van der Waals surface area contributed by atoms with Crippen molar-refractivity contribution in [2.75, 3.05) is 13.1 Å². The minimum absolute atomic E-state index is 0.115. The van der Waals surface area contributed by atoms with Gasteiger partial charge in [-0.15, -0.1) is 0 Å². The smallest absolute Gasteiger partial charge is 0.0892 e. The van der Waals surface area contributed by atoms with Gasteiger partial charge in [0.05, 0.1) is 5.60 Å². The largest absolute Gasteiger partial charge is 0.387 e. The summed E-state index contributed by atoms with van der Waals surface area (Å²) in [5.41, 5.74) is -0.680. The van der Waals surface area contributed by atoms with Crippen LogP contribution in [0, 0.1) is 0 Å². The fraction of sp³-hybridized carbons (Fsp3) is 1.00. The molecule has 0 radical (unpaired) electrons. The average Bonchev–Trinajstić information content (AvgIpc) is 2.01. The zero-order valence-electron chi connectivity index (χ0n) is 9.52. The van der Waals surface area contributed by atoms with E-state index in [1.165, 1.54) is 0 Å². The topological polar surface area (TPSA) is 44.3 Å². The maximum absolute atomic E-state index is 10.0. The van der Waals surface area contributed by atoms with E-state index < -0.39 is 5.60 Å². The summed E-state index contributed by atoms with van der Waals surface area (Å²) in [7, 11) is 0. The average molecular weight is 188 g/mol. The monoisotopic (exact) mass is 188 g/mol. The molecule has 0 aliphatic heterocycles. The highest BCUT2D eigenvalue weighted by Crippen LogP contribution is 2.08. The highest BCUT2D eigenvalue weighted by molar-refractivity contribution is 4.86. The maximum atomic E-state index is 10.0. The van der Waals surface area contributed by atoms with Gasteiger partial charge in [0.1, 0.15) is 0 Å². The first-order chi connectivity index (χ1) is 5.90. The minimum Gasteiger partial charge on any atom is -0.387 e. The van der Waals surface area contributed by atoms with Crippen LogP contribution in [0.5, 0.6) is 0 Å². The SMILES string of the molecule is CCNC(C)C(C)(O)CNC(C)C. The number of aliphatic hydroxyl groups is 1. The molecule has 0 saturated heterocycles. The Bertz CT molecular complexity index is 135. The first kappa shape index (κ1) is 12.9. The maximum Gasteiger partial charge on any atom is 0.0892 e. The molecule has 0 aliphatic rings. The van der Waals surface area contributed by atoms with Crippen LogP contribution in [0.1, 0.15) is 34.6 Å². The van der Waals surface area contributed by atoms with Crippen LogP contribution in [0.15, 0.2) is 0 Å². The Morgan fingerprint density at radius 1 is 1.23 bits per heavy atom. The first-order valence-corrected chi connectivity index (χ1v) is 5.09. The highest BCUT2D eigenvalue weighted by Gasteiger charge is 2.27. The van der Waals surface area contributed by atoms with Gasteiger partial charge in [0, 0.05) is 18.6 Å². The Kier molecular flexibility index (Phi) is 5.53. The first-order valence-electron chi connectivity index (χ1n) is 5.09. The summed E-state index contributed by atoms with van der Waals surface area (Å²) in [6.45, 7) is 11.6. The normalized spacial score (nSPS) is 18.7. The van der Waals surface area contributed by atoms with Crippen molar-refractivity contribution in [1.29, 1.82) is 0 Å². The second kappa shape index (κ2) is 5.58. The number of likely N-dealkylation sites (N-methyl/N-ethyl adjacent to an activating group) is 1. The van der Waals surface area contributed by atoms with Crippen molar-refractivity contribution in [3.8, 4) is 0 Å². The Balaban J connectivity index is 3.90. The molecule has 0 rings (SSSR count). The van der Waals surface area contributed by atoms with Crippen LogP contribution in [-0.2, 0) is 0 Å². The van der Waals surface area contributed by atoms with E-state index in [-0.39, 0.29) is 6.04 Å². The number of rotatable bonds is 6. The zero-order chi connectivity index (χ0) is 10.5. The van der Waals surface area contributed by atoms with Gasteiger partial charge >= 0.3 is 0 Å². The van der Waals surface area contributed by atoms with E-state index in [4.69, 9.17) is 0 Å². The summed E-state index contributed by atoms with van der Waals surface area (Å²) in [6.07, 6.45) is 0. The van der Waals surface area contributed by atoms with Crippen LogP contribution >= 0.6 is 0 Å². The van der Waals surface area contributed by atoms with E-state index in [0.717, 1.165) is 6.54 Å². The third-order valence-corrected chi connectivity index (χ3v) is 2.31. The van der Waals surface area contributed by atoms with Gasteiger partial charge in [-0.1, -0.05) is 20.8 Å². The molecule has 0 amide bonds. The second-order valence-electron chi connectivity index (χ2n) is 4.17. The molecule has 0 aromatic rings. The van der Waals surface area contributed by atoms with Crippen molar-refractivity contribution in [3.05, 3.63) is 0 Å². The van der Waals surface area contributed by atoms with Crippen LogP contribution in [-0.4, -0.2) is 35.9 Å². The summed E-state index contributed by atoms with van der Waals surface area (Å²) in [6, 6.07) is 0.532. The van der Waals surface area contributed by atoms with E-state index in [1.54, 1.807) is 0 Å².